The van der Waals surface area contributed by atoms with Crippen LogP contribution in [0.3, 0.4) is 0 Å². The van der Waals surface area contributed by atoms with Gasteiger partial charge in [-0.05, 0) is 161 Å². The van der Waals surface area contributed by atoms with Crippen molar-refractivity contribution in [3.8, 4) is 5.82 Å². The van der Waals surface area contributed by atoms with Crippen LogP contribution >= 0.6 is 15.9 Å². The number of carboxylic acid groups (broad SMARTS) is 1. The number of nitrogens with two attached hydrogens (primary N) is 1. The molecule has 0 bridgehead atoms. The number of amides is 6. The van der Waals surface area contributed by atoms with Crippen molar-refractivity contribution in [2.75, 3.05) is 153 Å². The molecule has 1 spiro atoms. The quantitative estimate of drug-likeness (QED) is 0.0193. The van der Waals surface area contributed by atoms with Gasteiger partial charge < -0.3 is 121 Å². The van der Waals surface area contributed by atoms with E-state index in [-0.39, 0.29) is 119 Å². The Morgan fingerprint density at radius 2 is 0.805 bits per heavy atom. The standard InChI is InChI=1S/C28H38N2O5.C15H25NO5.C14H23NO6.C14H23NO4.C13H24N2O5.C12H21NO5.C10H9BrFN3/c1-27(2,3)35-26(32)30-17-15-28(16-18-30,25(31)33-4)34-20-19-29(21-23-11-7-5-8-12-23)22-24-13-9-6-10-14-24;1-6-11-20-15(12(17)19-5)7-9-16(10-8-15)13(18)21-14(2,3)4;1-13(2,3)21-12(18)15-7-5-14(6-8-15,11(17)19-4)20-10-9-16;1-13(2,3)19-12(17)15-8-6-14(7-9-15)11(16)5-4-10-18-14;1-12(2,3)20-11(18)15-7-4-13(5-8-15,10(16)17)19-9-6-14;1-11(2,3)18-10(15)13-7-5-12(16,6-8-13)9(14)17-4;1-7(11)8-2-3-10(13-4-8)15-6-9(12)5-14-15/h5-14H,15-22H2,1-4H3;6H,1,7-11H2,2-5H3;9H,5-8,10H2,1-4H3;4-10H2,1-3H3;4-9,14H2,1-3H3,(H,16,17);16H,5-8H2,1-4H3;2-7H,1H3. The first-order chi connectivity index (χ1) is 69.5. The molecule has 1 unspecified atom stereocenters. The van der Waals surface area contributed by atoms with E-state index in [1.54, 1.807) is 95.4 Å². The van der Waals surface area contributed by atoms with E-state index in [1.807, 2.05) is 112 Å². The van der Waals surface area contributed by atoms with Crippen LogP contribution in [0, 0.1) is 5.82 Å². The van der Waals surface area contributed by atoms with Gasteiger partial charge in [-0.15, -0.1) is 6.58 Å². The molecule has 1 atom stereocenters. The van der Waals surface area contributed by atoms with Gasteiger partial charge in [-0.25, -0.2) is 66.8 Å². The van der Waals surface area contributed by atoms with Crippen molar-refractivity contribution < 1.29 is 148 Å². The summed E-state index contributed by atoms with van der Waals surface area (Å²) >= 11 is 3.44. The van der Waals surface area contributed by atoms with Gasteiger partial charge in [0, 0.05) is 206 Å². The first kappa shape index (κ1) is 128. The van der Waals surface area contributed by atoms with Gasteiger partial charge in [0.05, 0.1) is 60.7 Å². The zero-order valence-electron chi connectivity index (χ0n) is 91.5. The van der Waals surface area contributed by atoms with E-state index < -0.39 is 109 Å². The number of ether oxygens (including phenoxy) is 15. The largest absolute Gasteiger partial charge is 0.479 e. The highest BCUT2D eigenvalue weighted by atomic mass is 79.9. The van der Waals surface area contributed by atoms with E-state index in [0.717, 1.165) is 31.3 Å². The number of pyridine rings is 1. The number of carboxylic acids is 1. The van der Waals surface area contributed by atoms with E-state index in [4.69, 9.17) is 72.0 Å². The number of piperidine rings is 6. The van der Waals surface area contributed by atoms with Crippen LogP contribution in [0.2, 0.25) is 0 Å². The number of rotatable bonds is 24. The molecule has 2 aromatic carbocycles. The summed E-state index contributed by atoms with van der Waals surface area (Å²) in [7, 11) is 5.22. The maximum absolute atomic E-state index is 12.8. The fourth-order valence-electron chi connectivity index (χ4n) is 16.2. The van der Waals surface area contributed by atoms with Crippen molar-refractivity contribution in [3.63, 3.8) is 0 Å². The summed E-state index contributed by atoms with van der Waals surface area (Å²) in [5.74, 6) is -2.53. The fourth-order valence-corrected chi connectivity index (χ4v) is 16.5. The minimum Gasteiger partial charge on any atom is -0.479 e. The van der Waals surface area contributed by atoms with Crippen LogP contribution in [0.4, 0.5) is 33.2 Å². The molecule has 41 nitrogen and oxygen atoms in total. The molecule has 0 radical (unpaired) electrons. The van der Waals surface area contributed by atoms with Gasteiger partial charge in [0.2, 0.25) is 0 Å². The van der Waals surface area contributed by atoms with E-state index in [1.165, 1.54) is 65.1 Å². The first-order valence-electron chi connectivity index (χ1n) is 50.3. The Hall–Kier alpha value is -11.1. The Bertz CT molecular complexity index is 4770. The number of likely N-dealkylation sites (tertiary alicyclic amines) is 6. The monoisotopic (exact) mass is 2170 g/mol. The molecule has 43 heteroatoms. The van der Waals surface area contributed by atoms with Gasteiger partial charge in [0.15, 0.2) is 45.4 Å². The van der Waals surface area contributed by atoms with Gasteiger partial charge in [-0.3, -0.25) is 9.69 Å². The molecule has 11 rings (SSSR count). The number of esters is 4. The average Bonchev–Trinajstić information content (AvgIpc) is 1.04. The van der Waals surface area contributed by atoms with Crippen LogP contribution < -0.4 is 5.73 Å². The van der Waals surface area contributed by atoms with Crippen LogP contribution in [-0.4, -0.2) is 358 Å². The Kier molecular flexibility index (Phi) is 50.4. The molecule has 7 aliphatic rings. The Morgan fingerprint density at radius 3 is 1.09 bits per heavy atom. The van der Waals surface area contributed by atoms with E-state index in [9.17, 15) is 76.9 Å². The number of alkyl halides is 1. The number of Topliss-reactive ketones (excluding diaryl/α,β-unsaturated/α-hetero) is 1. The molecule has 0 saturated carbocycles. The second kappa shape index (κ2) is 58.5. The number of aldehydes is 1. The number of carbonyl (C=O) groups is 13. The number of halogens is 2. The predicted molar refractivity (Wildman–Crippen MR) is 552 cm³/mol. The van der Waals surface area contributed by atoms with Gasteiger partial charge >= 0.3 is 66.4 Å². The number of benzene rings is 2. The number of carbonyl (C=O) groups excluding carboxylic acids is 12. The predicted octanol–water partition coefficient (Wildman–Crippen LogP) is 14.7. The Balaban J connectivity index is 0.000000311. The van der Waals surface area contributed by atoms with Gasteiger partial charge in [-0.2, -0.15) is 5.10 Å². The molecule has 0 aliphatic carbocycles. The molecule has 2 aromatic heterocycles. The highest BCUT2D eigenvalue weighted by Crippen LogP contribution is 2.37. The van der Waals surface area contributed by atoms with Crippen LogP contribution in [0.25, 0.3) is 5.82 Å². The summed E-state index contributed by atoms with van der Waals surface area (Å²) < 4.78 is 93.7. The van der Waals surface area contributed by atoms with Crippen LogP contribution in [-0.2, 0) is 118 Å². The minimum absolute atomic E-state index is 0.166. The summed E-state index contributed by atoms with van der Waals surface area (Å²) in [4.78, 5) is 170. The number of ketones is 1. The fraction of sp³-hybridized carbons (Fsp3) is 0.670. The molecule has 7 aliphatic heterocycles. The lowest BCUT2D eigenvalue weighted by atomic mass is 9.83. The molecule has 7 saturated heterocycles. The van der Waals surface area contributed by atoms with E-state index in [0.29, 0.717) is 142 Å². The lowest BCUT2D eigenvalue weighted by molar-refractivity contribution is -0.177. The van der Waals surface area contributed by atoms with Gasteiger partial charge in [-0.1, -0.05) is 88.7 Å². The maximum atomic E-state index is 12.8. The summed E-state index contributed by atoms with van der Waals surface area (Å²) in [6, 6.07) is 24.4. The number of aromatic nitrogens is 3. The van der Waals surface area contributed by atoms with Gasteiger partial charge in [0.25, 0.3) is 0 Å². The summed E-state index contributed by atoms with van der Waals surface area (Å²) in [5, 5.41) is 23.2. The van der Waals surface area contributed by atoms with Crippen molar-refractivity contribution >= 4 is 94.4 Å². The Labute approximate surface area is 884 Å². The number of aliphatic hydroxyl groups is 1. The lowest BCUT2D eigenvalue weighted by Crippen LogP contribution is -2.54. The number of aliphatic carboxylic acids is 1. The van der Waals surface area contributed by atoms with Crippen molar-refractivity contribution in [1.29, 1.82) is 0 Å². The molecule has 4 N–H and O–H groups in total. The van der Waals surface area contributed by atoms with E-state index in [2.05, 4.69) is 66.5 Å². The number of nitrogens with zero attached hydrogens (tertiary/aromatic N) is 10. The molecule has 7 fully saturated rings. The van der Waals surface area contributed by atoms with Crippen LogP contribution in [0.15, 0.2) is 104 Å². The molecule has 4 aromatic rings. The lowest BCUT2D eigenvalue weighted by Gasteiger charge is -2.42. The smallest absolute Gasteiger partial charge is 0.410 e. The topological polar surface area (TPSA) is 480 Å². The molecule has 836 valence electrons. The number of methoxy groups -OCH3 is 4. The van der Waals surface area contributed by atoms with Crippen molar-refractivity contribution in [1.82, 2.24) is 49.1 Å². The number of hydrogen-bond donors (Lipinski definition) is 3. The van der Waals surface area contributed by atoms with Gasteiger partial charge in [0.1, 0.15) is 52.1 Å². The molecule has 149 heavy (non-hydrogen) atoms. The minimum atomic E-state index is -1.48. The SMILES string of the molecule is C=CCOC1(C(=O)OC)CCN(C(=O)OC(C)(C)C)CC1.CC(Br)c1ccc(-n2cc(F)cn2)nc1.CC(C)(C)OC(=O)N1CCC(OCCN)(C(=O)O)CC1.CC(C)(C)OC(=O)N1CCC2(CC1)OCCCC2=O.COC(=O)C1(O)CCN(C(=O)OC(C)(C)C)CC1.COC(=O)C1(OCC=O)CCN(C(=O)OC(C)(C)C)CC1.COC(=O)C1(OCCN(Cc2ccccc2)Cc2ccccc2)CCN(C(=O)OC(C)(C)C)CC1. The highest BCUT2D eigenvalue weighted by Gasteiger charge is 2.51. The number of hydrogen-bond acceptors (Lipinski definition) is 33. The third kappa shape index (κ3) is 43.3. The second-order valence-electron chi connectivity index (χ2n) is 42.9. The summed E-state index contributed by atoms with van der Waals surface area (Å²) in [6.07, 6.45) is 9.52. The molecule has 6 amide bonds. The highest BCUT2D eigenvalue weighted by molar-refractivity contribution is 9.09. The molecular weight excluding hydrogens is 2010 g/mol. The normalized spacial score (nSPS) is 17.9. The third-order valence-corrected chi connectivity index (χ3v) is 24.6. The Morgan fingerprint density at radius 1 is 0.477 bits per heavy atom. The zero-order valence-corrected chi connectivity index (χ0v) is 93.1. The average molecular weight is 2170 g/mol. The van der Waals surface area contributed by atoms with Crippen molar-refractivity contribution in [2.24, 2.45) is 5.73 Å². The summed E-state index contributed by atoms with van der Waals surface area (Å²) in [5.41, 5.74) is -0.957. The van der Waals surface area contributed by atoms with Crippen molar-refractivity contribution in [2.45, 2.75) is 307 Å². The summed E-state index contributed by atoms with van der Waals surface area (Å²) in [6.45, 7) is 46.4. The molecular formula is C106H163BrFN11O30. The van der Waals surface area contributed by atoms with Crippen LogP contribution in [0.5, 0.6) is 0 Å². The van der Waals surface area contributed by atoms with E-state index >= 15 is 0 Å². The van der Waals surface area contributed by atoms with Crippen LogP contribution in [0.1, 0.15) is 243 Å². The zero-order chi connectivity index (χ0) is 112. The second-order valence-corrected chi connectivity index (χ2v) is 44.2. The maximum Gasteiger partial charge on any atom is 0.410 e. The molecule has 9 heterocycles. The van der Waals surface area contributed by atoms with Crippen molar-refractivity contribution in [3.05, 3.63) is 127 Å². The first-order valence-corrected chi connectivity index (χ1v) is 51.2. The third-order valence-electron chi connectivity index (χ3n) is 24.1.